The molecule has 1 N–H and O–H groups in total. The van der Waals surface area contributed by atoms with Crippen LogP contribution in [0.15, 0.2) is 30.6 Å². The zero-order chi connectivity index (χ0) is 12.3. The van der Waals surface area contributed by atoms with Gasteiger partial charge in [0.05, 0.1) is 30.8 Å². The van der Waals surface area contributed by atoms with E-state index in [-0.39, 0.29) is 0 Å². The maximum Gasteiger partial charge on any atom is 0.130 e. The smallest absolute Gasteiger partial charge is 0.130 e. The van der Waals surface area contributed by atoms with Crippen LogP contribution >= 0.6 is 12.2 Å². The monoisotopic (exact) mass is 243 g/mol. The quantitative estimate of drug-likeness (QED) is 0.824. The van der Waals surface area contributed by atoms with Gasteiger partial charge in [-0.05, 0) is 24.3 Å². The Morgan fingerprint density at radius 2 is 2.24 bits per heavy atom. The number of rotatable bonds is 2. The maximum absolute atomic E-state index is 8.89. The number of methoxy groups -OCH3 is 1. The molecule has 1 heterocycles. The number of ether oxygens (including phenoxy) is 1. The van der Waals surface area contributed by atoms with Crippen molar-refractivity contribution in [3.63, 3.8) is 0 Å². The summed E-state index contributed by atoms with van der Waals surface area (Å²) in [6, 6.07) is 9.03. The van der Waals surface area contributed by atoms with Gasteiger partial charge in [-0.1, -0.05) is 12.2 Å². The number of hydrogen-bond acceptors (Lipinski definition) is 4. The van der Waals surface area contributed by atoms with E-state index in [0.717, 1.165) is 11.3 Å². The Hall–Kier alpha value is -2.19. The Kier molecular flexibility index (Phi) is 3.17. The van der Waals surface area contributed by atoms with Crippen LogP contribution in [0.3, 0.4) is 0 Å². The van der Waals surface area contributed by atoms with Crippen LogP contribution in [0.25, 0.3) is 11.3 Å². The van der Waals surface area contributed by atoms with Gasteiger partial charge in [0.15, 0.2) is 0 Å². The van der Waals surface area contributed by atoms with Gasteiger partial charge in [-0.15, -0.1) is 0 Å². The summed E-state index contributed by atoms with van der Waals surface area (Å²) in [4.78, 5) is 6.90. The number of aromatic amines is 1. The third-order valence-electron chi connectivity index (χ3n) is 2.30. The van der Waals surface area contributed by atoms with Crippen LogP contribution < -0.4 is 4.74 Å². The molecule has 0 unspecified atom stereocenters. The average molecular weight is 243 g/mol. The minimum atomic E-state index is 0.489. The number of nitrogens with one attached hydrogen (secondary N) is 1. The van der Waals surface area contributed by atoms with Crippen molar-refractivity contribution in [3.8, 4) is 23.1 Å². The molecule has 1 aromatic carbocycles. The second-order valence-corrected chi connectivity index (χ2v) is 3.74. The number of H-pyrrole nitrogens is 1. The van der Waals surface area contributed by atoms with Gasteiger partial charge in [0.1, 0.15) is 10.4 Å². The highest BCUT2D eigenvalue weighted by Crippen LogP contribution is 2.29. The zero-order valence-electron chi connectivity index (χ0n) is 9.10. The molecule has 2 aromatic rings. The molecule has 0 bridgehead atoms. The Morgan fingerprint density at radius 3 is 2.88 bits per heavy atom. The second-order valence-electron chi connectivity index (χ2n) is 3.33. The molecule has 1 aromatic heterocycles. The standard InChI is InChI=1S/C12H9N3OS/c1-16-11-3-2-8(6-13)4-9(11)10-5-12(17)15-7-14-10/h2-5,7H,1H3,(H,14,15,17). The SMILES string of the molecule is COc1ccc(C#N)cc1-c1cc(=S)nc[nH]1. The molecule has 84 valence electrons. The highest BCUT2D eigenvalue weighted by Gasteiger charge is 2.07. The molecule has 0 saturated carbocycles. The summed E-state index contributed by atoms with van der Waals surface area (Å²) in [5.41, 5.74) is 2.14. The summed E-state index contributed by atoms with van der Waals surface area (Å²) >= 11 is 5.00. The Bertz CT molecular complexity index is 643. The Morgan fingerprint density at radius 1 is 1.41 bits per heavy atom. The summed E-state index contributed by atoms with van der Waals surface area (Å²) in [6.45, 7) is 0. The first kappa shape index (κ1) is 11.3. The van der Waals surface area contributed by atoms with E-state index in [0.29, 0.717) is 16.0 Å². The lowest BCUT2D eigenvalue weighted by Crippen LogP contribution is -1.92. The number of hydrogen-bond donors (Lipinski definition) is 1. The van der Waals surface area contributed by atoms with Crippen LogP contribution in [0.1, 0.15) is 5.56 Å². The third kappa shape index (κ3) is 2.32. The molecule has 5 heteroatoms. The molecule has 0 saturated heterocycles. The van der Waals surface area contributed by atoms with Gasteiger partial charge in [0, 0.05) is 5.56 Å². The predicted octanol–water partition coefficient (Wildman–Crippen LogP) is 2.69. The summed E-state index contributed by atoms with van der Waals surface area (Å²) < 4.78 is 5.74. The largest absolute Gasteiger partial charge is 0.496 e. The van der Waals surface area contributed by atoms with Crippen molar-refractivity contribution in [1.82, 2.24) is 9.97 Å². The first-order chi connectivity index (χ1) is 8.24. The minimum Gasteiger partial charge on any atom is -0.496 e. The molecule has 0 fully saturated rings. The van der Waals surface area contributed by atoms with Gasteiger partial charge >= 0.3 is 0 Å². The van der Waals surface area contributed by atoms with Crippen molar-refractivity contribution in [2.75, 3.05) is 7.11 Å². The van der Waals surface area contributed by atoms with Crippen molar-refractivity contribution < 1.29 is 4.74 Å². The molecular formula is C12H9N3OS. The lowest BCUT2D eigenvalue weighted by molar-refractivity contribution is 0.416. The van der Waals surface area contributed by atoms with Gasteiger partial charge < -0.3 is 9.72 Å². The molecule has 2 rings (SSSR count). The Balaban J connectivity index is 2.65. The van der Waals surface area contributed by atoms with Gasteiger partial charge in [-0.25, -0.2) is 4.98 Å². The maximum atomic E-state index is 8.89. The van der Waals surface area contributed by atoms with Gasteiger partial charge in [-0.3, -0.25) is 0 Å². The van der Waals surface area contributed by atoms with E-state index in [1.807, 2.05) is 0 Å². The molecular weight excluding hydrogens is 234 g/mol. The molecule has 17 heavy (non-hydrogen) atoms. The first-order valence-electron chi connectivity index (χ1n) is 4.88. The summed E-state index contributed by atoms with van der Waals surface area (Å²) in [5.74, 6) is 0.681. The van der Waals surface area contributed by atoms with Crippen LogP contribution in [0.2, 0.25) is 0 Å². The van der Waals surface area contributed by atoms with Crippen LogP contribution in [-0.2, 0) is 0 Å². The molecule has 0 aliphatic heterocycles. The van der Waals surface area contributed by atoms with E-state index in [4.69, 9.17) is 22.2 Å². The van der Waals surface area contributed by atoms with E-state index in [2.05, 4.69) is 16.0 Å². The average Bonchev–Trinajstić information content (AvgIpc) is 2.38. The predicted molar refractivity (Wildman–Crippen MR) is 66.1 cm³/mol. The highest BCUT2D eigenvalue weighted by atomic mass is 32.1. The van der Waals surface area contributed by atoms with E-state index < -0.39 is 0 Å². The van der Waals surface area contributed by atoms with Crippen LogP contribution in [0.4, 0.5) is 0 Å². The van der Waals surface area contributed by atoms with Crippen molar-refractivity contribution in [2.45, 2.75) is 0 Å². The Labute approximate surface area is 104 Å². The fourth-order valence-corrected chi connectivity index (χ4v) is 1.68. The summed E-state index contributed by atoms with van der Waals surface area (Å²) in [6.07, 6.45) is 1.52. The lowest BCUT2D eigenvalue weighted by Gasteiger charge is -2.08. The van der Waals surface area contributed by atoms with Crippen LogP contribution in [-0.4, -0.2) is 17.1 Å². The highest BCUT2D eigenvalue weighted by molar-refractivity contribution is 7.71. The molecule has 0 atom stereocenters. The van der Waals surface area contributed by atoms with E-state index in [1.165, 1.54) is 6.33 Å². The fourth-order valence-electron chi connectivity index (χ4n) is 1.51. The normalized spacial score (nSPS) is 9.65. The van der Waals surface area contributed by atoms with Crippen LogP contribution in [0.5, 0.6) is 5.75 Å². The van der Waals surface area contributed by atoms with E-state index in [9.17, 15) is 0 Å². The van der Waals surface area contributed by atoms with E-state index in [1.54, 1.807) is 31.4 Å². The molecule has 0 spiro atoms. The number of benzene rings is 1. The summed E-state index contributed by atoms with van der Waals surface area (Å²) in [7, 11) is 1.58. The minimum absolute atomic E-state index is 0.489. The summed E-state index contributed by atoms with van der Waals surface area (Å²) in [5, 5.41) is 8.89. The molecule has 4 nitrogen and oxygen atoms in total. The molecule has 0 aliphatic rings. The van der Waals surface area contributed by atoms with Gasteiger partial charge in [0.25, 0.3) is 0 Å². The third-order valence-corrected chi connectivity index (χ3v) is 2.52. The lowest BCUT2D eigenvalue weighted by atomic mass is 10.1. The van der Waals surface area contributed by atoms with Crippen molar-refractivity contribution in [2.24, 2.45) is 0 Å². The number of nitriles is 1. The van der Waals surface area contributed by atoms with Gasteiger partial charge in [0.2, 0.25) is 0 Å². The van der Waals surface area contributed by atoms with E-state index >= 15 is 0 Å². The fraction of sp³-hybridized carbons (Fsp3) is 0.0833. The zero-order valence-corrected chi connectivity index (χ0v) is 9.91. The number of aromatic nitrogens is 2. The van der Waals surface area contributed by atoms with Crippen LogP contribution in [0, 0.1) is 16.0 Å². The van der Waals surface area contributed by atoms with Gasteiger partial charge in [-0.2, -0.15) is 5.26 Å². The number of nitrogens with zero attached hydrogens (tertiary/aromatic N) is 2. The molecule has 0 aliphatic carbocycles. The van der Waals surface area contributed by atoms with Crippen molar-refractivity contribution in [3.05, 3.63) is 40.8 Å². The topological polar surface area (TPSA) is 61.7 Å². The van der Waals surface area contributed by atoms with Crippen molar-refractivity contribution in [1.29, 1.82) is 5.26 Å². The first-order valence-corrected chi connectivity index (χ1v) is 5.28. The van der Waals surface area contributed by atoms with Crippen molar-refractivity contribution >= 4 is 12.2 Å². The second kappa shape index (κ2) is 4.76. The molecule has 0 amide bonds. The molecule has 0 radical (unpaired) electrons.